The lowest BCUT2D eigenvalue weighted by atomic mass is 9.97. The summed E-state index contributed by atoms with van der Waals surface area (Å²) in [5.41, 5.74) is 3.47. The highest BCUT2D eigenvalue weighted by Crippen LogP contribution is 2.25. The summed E-state index contributed by atoms with van der Waals surface area (Å²) < 4.78 is 56.3. The number of nitrogens with zero attached hydrogens (tertiary/aromatic N) is 1. The minimum absolute atomic E-state index is 0.0787. The summed E-state index contributed by atoms with van der Waals surface area (Å²) in [7, 11) is -7.27. The number of anilines is 2. The van der Waals surface area contributed by atoms with Crippen molar-refractivity contribution in [3.05, 3.63) is 87.9 Å². The van der Waals surface area contributed by atoms with E-state index in [0.29, 0.717) is 29.8 Å². The lowest BCUT2D eigenvalue weighted by Crippen LogP contribution is -2.41. The minimum Gasteiger partial charge on any atom is -0.326 e. The van der Waals surface area contributed by atoms with Crippen molar-refractivity contribution in [2.24, 2.45) is 5.92 Å². The van der Waals surface area contributed by atoms with Gasteiger partial charge in [-0.15, -0.1) is 0 Å². The monoisotopic (exact) mass is 619 g/mol. The predicted molar refractivity (Wildman–Crippen MR) is 153 cm³/mol. The van der Waals surface area contributed by atoms with E-state index in [9.17, 15) is 21.6 Å². The Morgan fingerprint density at radius 3 is 2.18 bits per heavy atom. The highest BCUT2D eigenvalue weighted by atomic mass is 79.9. The van der Waals surface area contributed by atoms with Crippen LogP contribution in [0.5, 0.6) is 0 Å². The molecule has 0 aromatic heterocycles. The molecule has 1 aliphatic rings. The number of aryl methyl sites for hydroxylation is 2. The molecule has 202 valence electrons. The fourth-order valence-electron chi connectivity index (χ4n) is 4.29. The Balaban J connectivity index is 1.32. The van der Waals surface area contributed by atoms with E-state index < -0.39 is 20.0 Å². The third kappa shape index (κ3) is 7.02. The zero-order valence-corrected chi connectivity index (χ0v) is 24.4. The molecule has 0 saturated carbocycles. The number of carbonyl (C=O) groups excluding carboxylic acids is 1. The van der Waals surface area contributed by atoms with E-state index in [1.807, 2.05) is 38.1 Å². The van der Waals surface area contributed by atoms with Crippen LogP contribution in [0.2, 0.25) is 0 Å². The predicted octanol–water partition coefficient (Wildman–Crippen LogP) is 5.05. The normalized spacial score (nSPS) is 15.2. The van der Waals surface area contributed by atoms with Gasteiger partial charge in [0.2, 0.25) is 15.9 Å². The van der Waals surface area contributed by atoms with Gasteiger partial charge in [0, 0.05) is 29.2 Å². The van der Waals surface area contributed by atoms with E-state index in [1.54, 1.807) is 30.3 Å². The molecule has 0 bridgehead atoms. The molecule has 0 atom stereocenters. The summed E-state index contributed by atoms with van der Waals surface area (Å²) in [6, 6.07) is 18.7. The van der Waals surface area contributed by atoms with Gasteiger partial charge in [0.15, 0.2) is 0 Å². The molecular formula is C27H30BrN3O5S2. The topological polar surface area (TPSA) is 113 Å². The summed E-state index contributed by atoms with van der Waals surface area (Å²) in [6.45, 7) is 4.27. The Morgan fingerprint density at radius 2 is 1.55 bits per heavy atom. The van der Waals surface area contributed by atoms with Crippen LogP contribution in [-0.2, 0) is 30.6 Å². The summed E-state index contributed by atoms with van der Waals surface area (Å²) in [5.74, 6) is -0.618. The molecule has 2 N–H and O–H groups in total. The van der Waals surface area contributed by atoms with Crippen molar-refractivity contribution < 1.29 is 21.6 Å². The largest absolute Gasteiger partial charge is 0.326 e. The molecule has 0 unspecified atom stereocenters. The molecule has 4 rings (SSSR count). The maximum atomic E-state index is 12.8. The number of hydrogen-bond acceptors (Lipinski definition) is 5. The highest BCUT2D eigenvalue weighted by Gasteiger charge is 2.31. The molecule has 1 amide bonds. The van der Waals surface area contributed by atoms with E-state index in [-0.39, 0.29) is 35.6 Å². The summed E-state index contributed by atoms with van der Waals surface area (Å²) in [4.78, 5) is 12.9. The lowest BCUT2D eigenvalue weighted by Gasteiger charge is -2.30. The molecule has 0 spiro atoms. The molecule has 1 aliphatic heterocycles. The third-order valence-electron chi connectivity index (χ3n) is 6.55. The van der Waals surface area contributed by atoms with E-state index in [1.165, 1.54) is 16.4 Å². The smallest absolute Gasteiger partial charge is 0.261 e. The molecule has 0 radical (unpaired) electrons. The van der Waals surface area contributed by atoms with Crippen LogP contribution in [0.15, 0.2) is 76.1 Å². The van der Waals surface area contributed by atoms with E-state index in [2.05, 4.69) is 26.0 Å². The first-order valence-electron chi connectivity index (χ1n) is 12.2. The van der Waals surface area contributed by atoms with Crippen molar-refractivity contribution in [3.8, 4) is 0 Å². The number of sulfonamides is 2. The van der Waals surface area contributed by atoms with Crippen molar-refractivity contribution in [1.82, 2.24) is 4.31 Å². The molecule has 0 aliphatic carbocycles. The number of piperidine rings is 1. The Kier molecular flexibility index (Phi) is 8.61. The zero-order valence-electron chi connectivity index (χ0n) is 21.1. The zero-order chi connectivity index (χ0) is 27.5. The van der Waals surface area contributed by atoms with Gasteiger partial charge in [-0.05, 0) is 85.8 Å². The standard InChI is InChI=1S/C27H30BrN3O5S2/c1-19-3-4-20(2)26(17-19)30-38(35,36)25-11-9-24(10-12-25)29-27(32)22-13-15-31(16-14-22)37(33,34)18-21-5-7-23(28)8-6-21/h3-12,17,22,30H,13-16,18H2,1-2H3,(H,29,32). The SMILES string of the molecule is Cc1ccc(C)c(NS(=O)(=O)c2ccc(NC(=O)C3CCN(S(=O)(=O)Cc4ccc(Br)cc4)CC3)cc2)c1. The number of nitrogens with one attached hydrogen (secondary N) is 2. The minimum atomic E-state index is -3.79. The lowest BCUT2D eigenvalue weighted by molar-refractivity contribution is -0.120. The average molecular weight is 621 g/mol. The molecule has 3 aromatic carbocycles. The number of amides is 1. The first-order chi connectivity index (χ1) is 17.9. The van der Waals surface area contributed by atoms with E-state index >= 15 is 0 Å². The maximum absolute atomic E-state index is 12.8. The molecule has 38 heavy (non-hydrogen) atoms. The van der Waals surface area contributed by atoms with Gasteiger partial charge in [-0.1, -0.05) is 40.2 Å². The fourth-order valence-corrected chi connectivity index (χ4v) is 7.24. The number of carbonyl (C=O) groups is 1. The van der Waals surface area contributed by atoms with Crippen LogP contribution in [0, 0.1) is 19.8 Å². The Morgan fingerprint density at radius 1 is 0.921 bits per heavy atom. The van der Waals surface area contributed by atoms with Crippen molar-refractivity contribution in [3.63, 3.8) is 0 Å². The van der Waals surface area contributed by atoms with Crippen molar-refractivity contribution in [1.29, 1.82) is 0 Å². The molecule has 3 aromatic rings. The van der Waals surface area contributed by atoms with Crippen LogP contribution in [0.1, 0.15) is 29.5 Å². The third-order valence-corrected chi connectivity index (χ3v) is 10.3. The molecule has 1 saturated heterocycles. The van der Waals surface area contributed by atoms with Crippen molar-refractivity contribution in [2.45, 2.75) is 37.3 Å². The van der Waals surface area contributed by atoms with E-state index in [4.69, 9.17) is 0 Å². The van der Waals surface area contributed by atoms with Crippen LogP contribution in [-0.4, -0.2) is 40.1 Å². The number of rotatable bonds is 8. The van der Waals surface area contributed by atoms with Gasteiger partial charge in [-0.3, -0.25) is 9.52 Å². The Hall–Kier alpha value is -2.73. The van der Waals surface area contributed by atoms with Crippen LogP contribution in [0.25, 0.3) is 0 Å². The van der Waals surface area contributed by atoms with Gasteiger partial charge in [0.05, 0.1) is 16.3 Å². The highest BCUT2D eigenvalue weighted by molar-refractivity contribution is 9.10. The van der Waals surface area contributed by atoms with Crippen LogP contribution in [0.3, 0.4) is 0 Å². The summed E-state index contributed by atoms with van der Waals surface area (Å²) in [6.07, 6.45) is 0.829. The van der Waals surface area contributed by atoms with Crippen LogP contribution >= 0.6 is 15.9 Å². The molecule has 1 heterocycles. The second-order valence-corrected chi connectivity index (χ2v) is 14.1. The number of benzene rings is 3. The van der Waals surface area contributed by atoms with Gasteiger partial charge in [-0.2, -0.15) is 0 Å². The second kappa shape index (κ2) is 11.6. The second-order valence-electron chi connectivity index (χ2n) is 9.49. The molecule has 11 heteroatoms. The van der Waals surface area contributed by atoms with Gasteiger partial charge in [-0.25, -0.2) is 21.1 Å². The van der Waals surface area contributed by atoms with Gasteiger partial charge >= 0.3 is 0 Å². The summed E-state index contributed by atoms with van der Waals surface area (Å²) in [5, 5.41) is 2.83. The number of hydrogen-bond donors (Lipinski definition) is 2. The summed E-state index contributed by atoms with van der Waals surface area (Å²) >= 11 is 3.35. The fraction of sp³-hybridized carbons (Fsp3) is 0.296. The Bertz CT molecular complexity index is 1520. The van der Waals surface area contributed by atoms with Gasteiger partial charge in [0.1, 0.15) is 0 Å². The Labute approximate surface area is 232 Å². The number of halogens is 1. The van der Waals surface area contributed by atoms with Crippen molar-refractivity contribution >= 4 is 53.3 Å². The maximum Gasteiger partial charge on any atom is 0.261 e. The van der Waals surface area contributed by atoms with Crippen LogP contribution in [0.4, 0.5) is 11.4 Å². The van der Waals surface area contributed by atoms with Gasteiger partial charge in [0.25, 0.3) is 10.0 Å². The van der Waals surface area contributed by atoms with Crippen molar-refractivity contribution in [2.75, 3.05) is 23.1 Å². The molecule has 1 fully saturated rings. The quantitative estimate of drug-likeness (QED) is 0.366. The molecule has 8 nitrogen and oxygen atoms in total. The van der Waals surface area contributed by atoms with Crippen LogP contribution < -0.4 is 10.0 Å². The molecular weight excluding hydrogens is 590 g/mol. The van der Waals surface area contributed by atoms with E-state index in [0.717, 1.165) is 15.6 Å². The average Bonchev–Trinajstić information content (AvgIpc) is 2.88. The first kappa shape index (κ1) is 28.3. The first-order valence-corrected chi connectivity index (χ1v) is 16.0. The van der Waals surface area contributed by atoms with Gasteiger partial charge < -0.3 is 5.32 Å².